The van der Waals surface area contributed by atoms with Crippen molar-refractivity contribution in [1.82, 2.24) is 14.9 Å². The Morgan fingerprint density at radius 3 is 2.38 bits per heavy atom. The van der Waals surface area contributed by atoms with Gasteiger partial charge in [0.25, 0.3) is 0 Å². The van der Waals surface area contributed by atoms with E-state index in [-0.39, 0.29) is 0 Å². The molecule has 1 aliphatic rings. The Bertz CT molecular complexity index is 461. The molecule has 0 N–H and O–H groups in total. The van der Waals surface area contributed by atoms with E-state index in [1.54, 1.807) is 7.05 Å². The Balaban J connectivity index is 3.32. The normalized spacial score (nSPS) is 24.1. The molecule has 0 fully saturated rings. The predicted molar refractivity (Wildman–Crippen MR) is 83.9 cm³/mol. The number of aliphatic imine (C=N–C) groups is 1. The first kappa shape index (κ1) is 17.8. The van der Waals surface area contributed by atoms with Gasteiger partial charge in [0, 0.05) is 12.5 Å². The van der Waals surface area contributed by atoms with Gasteiger partial charge in [-0.05, 0) is 21.0 Å². The van der Waals surface area contributed by atoms with Crippen LogP contribution in [0.2, 0.25) is 0 Å². The molecule has 1 rings (SSSR count). The number of carbonyl (C=O) groups is 2. The molecule has 2 unspecified atom stereocenters. The van der Waals surface area contributed by atoms with Crippen molar-refractivity contribution in [3.05, 3.63) is 0 Å². The van der Waals surface area contributed by atoms with Crippen molar-refractivity contribution in [1.29, 1.82) is 0 Å². The molecule has 21 heavy (non-hydrogen) atoms. The van der Waals surface area contributed by atoms with Gasteiger partial charge in [-0.2, -0.15) is 5.01 Å². The zero-order chi connectivity index (χ0) is 16.6. The highest BCUT2D eigenvalue weighted by Crippen LogP contribution is 2.43. The van der Waals surface area contributed by atoms with E-state index in [9.17, 15) is 9.59 Å². The average Bonchev–Trinajstić information content (AvgIpc) is 2.62. The fourth-order valence-electron chi connectivity index (χ4n) is 2.49. The van der Waals surface area contributed by atoms with Crippen LogP contribution in [-0.2, 0) is 9.53 Å². The first-order valence-electron chi connectivity index (χ1n) is 6.65. The van der Waals surface area contributed by atoms with Gasteiger partial charge in [0.2, 0.25) is 5.79 Å². The summed E-state index contributed by atoms with van der Waals surface area (Å²) in [6, 6.07) is 0. The van der Waals surface area contributed by atoms with Gasteiger partial charge in [0.15, 0.2) is 17.6 Å². The van der Waals surface area contributed by atoms with Gasteiger partial charge in [0.05, 0.1) is 0 Å². The van der Waals surface area contributed by atoms with E-state index < -0.39 is 23.4 Å². The predicted octanol–water partition coefficient (Wildman–Crippen LogP) is 1.42. The van der Waals surface area contributed by atoms with Crippen LogP contribution in [0.1, 0.15) is 27.7 Å². The molecule has 0 aromatic heterocycles. The minimum absolute atomic E-state index is 0.398. The van der Waals surface area contributed by atoms with Crippen molar-refractivity contribution in [2.45, 2.75) is 39.6 Å². The third-order valence-electron chi connectivity index (χ3n) is 3.42. The van der Waals surface area contributed by atoms with Crippen LogP contribution in [0.25, 0.3) is 0 Å². The SMILES string of the molecule is CC(C=O)OC(=O)N1N(C)C(S)=NC1(N(C)C)C(C)(C)C. The quantitative estimate of drug-likeness (QED) is 0.630. The number of nitrogens with zero attached hydrogens (tertiary/aromatic N) is 4. The molecule has 1 amide bonds. The summed E-state index contributed by atoms with van der Waals surface area (Å²) in [5.74, 6) is -0.988. The number of hydrogen-bond donors (Lipinski definition) is 1. The molecule has 0 spiro atoms. The summed E-state index contributed by atoms with van der Waals surface area (Å²) in [5.41, 5.74) is -0.418. The number of aldehydes is 1. The molecule has 0 aliphatic carbocycles. The number of thiol groups is 1. The minimum atomic E-state index is -0.988. The van der Waals surface area contributed by atoms with Crippen molar-refractivity contribution in [3.63, 3.8) is 0 Å². The first-order chi connectivity index (χ1) is 9.49. The average molecular weight is 316 g/mol. The number of ether oxygens (including phenoxy) is 1. The molecular weight excluding hydrogens is 292 g/mol. The molecular formula is C13H24N4O3S. The number of carbonyl (C=O) groups excluding carboxylic acids is 2. The van der Waals surface area contributed by atoms with Gasteiger partial charge < -0.3 is 4.74 Å². The molecule has 0 saturated heterocycles. The lowest BCUT2D eigenvalue weighted by Crippen LogP contribution is -2.66. The largest absolute Gasteiger partial charge is 0.437 e. The first-order valence-corrected chi connectivity index (χ1v) is 7.09. The van der Waals surface area contributed by atoms with Gasteiger partial charge in [-0.1, -0.05) is 20.8 Å². The summed E-state index contributed by atoms with van der Waals surface area (Å²) in [7, 11) is 5.34. The van der Waals surface area contributed by atoms with Gasteiger partial charge in [0.1, 0.15) is 0 Å². The van der Waals surface area contributed by atoms with Crippen LogP contribution >= 0.6 is 12.6 Å². The highest BCUT2D eigenvalue weighted by Gasteiger charge is 2.58. The second-order valence-corrected chi connectivity index (χ2v) is 6.65. The van der Waals surface area contributed by atoms with Crippen molar-refractivity contribution in [2.24, 2.45) is 10.4 Å². The van der Waals surface area contributed by atoms with Gasteiger partial charge in [-0.25, -0.2) is 9.79 Å². The monoisotopic (exact) mass is 316 g/mol. The van der Waals surface area contributed by atoms with E-state index in [0.29, 0.717) is 11.5 Å². The molecule has 0 aromatic carbocycles. The number of amides is 1. The summed E-state index contributed by atoms with van der Waals surface area (Å²) >= 11 is 4.32. The van der Waals surface area contributed by atoms with Crippen LogP contribution < -0.4 is 0 Å². The van der Waals surface area contributed by atoms with Crippen LogP contribution in [0.5, 0.6) is 0 Å². The van der Waals surface area contributed by atoms with E-state index in [1.165, 1.54) is 16.9 Å². The molecule has 1 aliphatic heterocycles. The second kappa shape index (κ2) is 5.84. The van der Waals surface area contributed by atoms with E-state index in [2.05, 4.69) is 17.6 Å². The summed E-state index contributed by atoms with van der Waals surface area (Å²) in [5, 5.41) is 3.30. The molecule has 0 bridgehead atoms. The Morgan fingerprint density at radius 2 is 2.00 bits per heavy atom. The zero-order valence-corrected chi connectivity index (χ0v) is 14.5. The fraction of sp³-hybridized carbons (Fsp3) is 0.769. The highest BCUT2D eigenvalue weighted by molar-refractivity contribution is 7.96. The molecule has 8 heteroatoms. The zero-order valence-electron chi connectivity index (χ0n) is 13.6. The van der Waals surface area contributed by atoms with Crippen molar-refractivity contribution >= 4 is 30.2 Å². The number of amidine groups is 1. The van der Waals surface area contributed by atoms with Crippen molar-refractivity contribution < 1.29 is 14.3 Å². The molecule has 0 aromatic rings. The Morgan fingerprint density at radius 1 is 1.48 bits per heavy atom. The summed E-state index contributed by atoms with van der Waals surface area (Å²) < 4.78 is 5.15. The Hall–Kier alpha value is -1.28. The van der Waals surface area contributed by atoms with Crippen LogP contribution in [0.3, 0.4) is 0 Å². The maximum Gasteiger partial charge on any atom is 0.433 e. The van der Waals surface area contributed by atoms with Crippen LogP contribution in [-0.4, -0.2) is 65.5 Å². The lowest BCUT2D eigenvalue weighted by molar-refractivity contribution is -0.142. The third kappa shape index (κ3) is 2.87. The van der Waals surface area contributed by atoms with E-state index in [1.807, 2.05) is 39.8 Å². The summed E-state index contributed by atoms with van der Waals surface area (Å²) in [4.78, 5) is 29.6. The van der Waals surface area contributed by atoms with Gasteiger partial charge >= 0.3 is 6.09 Å². The fourth-order valence-corrected chi connectivity index (χ4v) is 2.72. The van der Waals surface area contributed by atoms with Crippen LogP contribution in [0, 0.1) is 5.41 Å². The maximum absolute atomic E-state index is 12.5. The minimum Gasteiger partial charge on any atom is -0.437 e. The van der Waals surface area contributed by atoms with E-state index in [0.717, 1.165) is 0 Å². The number of rotatable bonds is 3. The van der Waals surface area contributed by atoms with E-state index >= 15 is 0 Å². The van der Waals surface area contributed by atoms with Gasteiger partial charge in [-0.15, -0.1) is 12.6 Å². The Labute approximate surface area is 131 Å². The topological polar surface area (TPSA) is 65.5 Å². The second-order valence-electron chi connectivity index (χ2n) is 6.25. The van der Waals surface area contributed by atoms with Crippen LogP contribution in [0.4, 0.5) is 4.79 Å². The highest BCUT2D eigenvalue weighted by atomic mass is 32.1. The molecule has 120 valence electrons. The maximum atomic E-state index is 12.5. The lowest BCUT2D eigenvalue weighted by Gasteiger charge is -2.49. The Kier molecular flexibility index (Phi) is 4.94. The molecule has 1 heterocycles. The molecule has 0 radical (unpaired) electrons. The standard InChI is InChI=1S/C13H24N4O3S/c1-9(8-18)20-11(19)17-13(15(5)6,12(2,3)4)14-10(21)16(17)7/h8-9H,1-7H3,(H,14,21). The van der Waals surface area contributed by atoms with Crippen LogP contribution in [0.15, 0.2) is 4.99 Å². The third-order valence-corrected chi connectivity index (χ3v) is 3.81. The number of hydrazine groups is 1. The van der Waals surface area contributed by atoms with Crippen molar-refractivity contribution in [2.75, 3.05) is 21.1 Å². The van der Waals surface area contributed by atoms with E-state index in [4.69, 9.17) is 4.74 Å². The lowest BCUT2D eigenvalue weighted by atomic mass is 9.86. The van der Waals surface area contributed by atoms with Gasteiger partial charge in [-0.3, -0.25) is 14.7 Å². The smallest absolute Gasteiger partial charge is 0.433 e. The summed E-state index contributed by atoms with van der Waals surface area (Å²) in [6.07, 6.45) is -0.895. The number of hydrogen-bond acceptors (Lipinski definition) is 6. The summed E-state index contributed by atoms with van der Waals surface area (Å²) in [6.45, 7) is 7.43. The molecule has 0 saturated carbocycles. The molecule has 7 nitrogen and oxygen atoms in total. The molecule has 2 atom stereocenters. The van der Waals surface area contributed by atoms with Crippen molar-refractivity contribution in [3.8, 4) is 0 Å².